The zero-order chi connectivity index (χ0) is 22.0. The standard InChI is InChI=1S/C23H24O8/c1-23(2)30-17-16(13-27-20(24)14-9-5-3-6-10-14)28-22(26)19(18(17)31-23)29-21(25)15-11-7-4-8-12-15/h3-12,16-19,22,26H,13H2,1-2H3/t16-,17+,18+,19-,22?/m1/s1. The molecule has 31 heavy (non-hydrogen) atoms. The number of hydrogen-bond donors (Lipinski definition) is 1. The average molecular weight is 428 g/mol. The molecule has 5 atom stereocenters. The van der Waals surface area contributed by atoms with Gasteiger partial charge in [0, 0.05) is 0 Å². The molecule has 8 nitrogen and oxygen atoms in total. The van der Waals surface area contributed by atoms with Crippen molar-refractivity contribution in [3.05, 3.63) is 71.8 Å². The largest absolute Gasteiger partial charge is 0.459 e. The van der Waals surface area contributed by atoms with Crippen molar-refractivity contribution in [3.63, 3.8) is 0 Å². The van der Waals surface area contributed by atoms with Crippen LogP contribution in [-0.4, -0.2) is 60.1 Å². The van der Waals surface area contributed by atoms with E-state index in [4.69, 9.17) is 23.7 Å². The normalized spacial score (nSPS) is 29.1. The number of rotatable bonds is 5. The van der Waals surface area contributed by atoms with Crippen LogP contribution >= 0.6 is 0 Å². The van der Waals surface area contributed by atoms with Crippen LogP contribution in [0.1, 0.15) is 34.6 Å². The van der Waals surface area contributed by atoms with E-state index >= 15 is 0 Å². The summed E-state index contributed by atoms with van der Waals surface area (Å²) in [5.74, 6) is -2.14. The van der Waals surface area contributed by atoms with Gasteiger partial charge < -0.3 is 28.8 Å². The van der Waals surface area contributed by atoms with Gasteiger partial charge in [-0.2, -0.15) is 0 Å². The smallest absolute Gasteiger partial charge is 0.338 e. The first kappa shape index (κ1) is 21.5. The number of carbonyl (C=O) groups is 2. The Morgan fingerprint density at radius 3 is 2.06 bits per heavy atom. The van der Waals surface area contributed by atoms with Crippen molar-refractivity contribution >= 4 is 11.9 Å². The van der Waals surface area contributed by atoms with Crippen LogP contribution in [0.5, 0.6) is 0 Å². The summed E-state index contributed by atoms with van der Waals surface area (Å²) >= 11 is 0. The van der Waals surface area contributed by atoms with Gasteiger partial charge in [-0.1, -0.05) is 36.4 Å². The fraction of sp³-hybridized carbons (Fsp3) is 0.391. The minimum atomic E-state index is -1.48. The van der Waals surface area contributed by atoms with Crippen LogP contribution in [0.15, 0.2) is 60.7 Å². The highest BCUT2D eigenvalue weighted by Gasteiger charge is 2.56. The maximum atomic E-state index is 12.5. The van der Waals surface area contributed by atoms with Crippen LogP contribution < -0.4 is 0 Å². The highest BCUT2D eigenvalue weighted by molar-refractivity contribution is 5.89. The molecule has 0 amide bonds. The van der Waals surface area contributed by atoms with E-state index in [9.17, 15) is 14.7 Å². The quantitative estimate of drug-likeness (QED) is 0.724. The molecule has 2 aromatic carbocycles. The lowest BCUT2D eigenvalue weighted by atomic mass is 9.99. The molecular formula is C23H24O8. The Hall–Kier alpha value is -2.78. The van der Waals surface area contributed by atoms with Gasteiger partial charge in [-0.25, -0.2) is 9.59 Å². The molecule has 1 unspecified atom stereocenters. The van der Waals surface area contributed by atoms with Crippen molar-refractivity contribution in [1.82, 2.24) is 0 Å². The lowest BCUT2D eigenvalue weighted by Crippen LogP contribution is -2.58. The third kappa shape index (κ3) is 4.77. The Labute approximate surface area is 179 Å². The number of hydrogen-bond acceptors (Lipinski definition) is 8. The van der Waals surface area contributed by atoms with Crippen molar-refractivity contribution in [3.8, 4) is 0 Å². The molecule has 2 aliphatic rings. The van der Waals surface area contributed by atoms with Crippen molar-refractivity contribution in [2.45, 2.75) is 50.3 Å². The first-order chi connectivity index (χ1) is 14.8. The van der Waals surface area contributed by atoms with E-state index in [0.717, 1.165) is 0 Å². The van der Waals surface area contributed by atoms with E-state index in [1.807, 2.05) is 0 Å². The lowest BCUT2D eigenvalue weighted by Gasteiger charge is -2.39. The molecule has 1 N–H and O–H groups in total. The van der Waals surface area contributed by atoms with Crippen LogP contribution in [0.2, 0.25) is 0 Å². The van der Waals surface area contributed by atoms with E-state index in [0.29, 0.717) is 11.1 Å². The van der Waals surface area contributed by atoms with E-state index in [1.54, 1.807) is 74.5 Å². The predicted molar refractivity (Wildman–Crippen MR) is 107 cm³/mol. The molecule has 0 aliphatic carbocycles. The number of aliphatic hydroxyl groups excluding tert-OH is 1. The molecule has 4 rings (SSSR count). The van der Waals surface area contributed by atoms with Crippen LogP contribution in [0.3, 0.4) is 0 Å². The zero-order valence-corrected chi connectivity index (χ0v) is 17.2. The number of aliphatic hydroxyl groups is 1. The van der Waals surface area contributed by atoms with Gasteiger partial charge >= 0.3 is 11.9 Å². The van der Waals surface area contributed by atoms with Crippen molar-refractivity contribution < 1.29 is 38.4 Å². The number of ether oxygens (including phenoxy) is 5. The molecule has 8 heteroatoms. The molecule has 0 radical (unpaired) electrons. The fourth-order valence-electron chi connectivity index (χ4n) is 3.70. The highest BCUT2D eigenvalue weighted by Crippen LogP contribution is 2.38. The van der Waals surface area contributed by atoms with Crippen molar-refractivity contribution in [1.29, 1.82) is 0 Å². The SMILES string of the molecule is CC1(C)O[C@@H]2[C@H](O1)[C@@H](OC(=O)c1ccccc1)C(O)O[C@@H]2COC(=O)c1ccccc1. The van der Waals surface area contributed by atoms with Gasteiger partial charge in [-0.05, 0) is 38.1 Å². The molecule has 2 heterocycles. The second kappa shape index (κ2) is 8.76. The summed E-state index contributed by atoms with van der Waals surface area (Å²) in [4.78, 5) is 24.8. The molecule has 2 fully saturated rings. The second-order valence-electron chi connectivity index (χ2n) is 7.83. The summed E-state index contributed by atoms with van der Waals surface area (Å²) in [6.45, 7) is 3.26. The minimum Gasteiger partial charge on any atom is -0.459 e. The van der Waals surface area contributed by atoms with Gasteiger partial charge in [0.2, 0.25) is 0 Å². The Kier molecular flexibility index (Phi) is 6.06. The van der Waals surface area contributed by atoms with Crippen LogP contribution in [0.4, 0.5) is 0 Å². The zero-order valence-electron chi connectivity index (χ0n) is 17.2. The van der Waals surface area contributed by atoms with Gasteiger partial charge in [-0.15, -0.1) is 0 Å². The Morgan fingerprint density at radius 1 is 0.903 bits per heavy atom. The van der Waals surface area contributed by atoms with Crippen LogP contribution in [-0.2, 0) is 23.7 Å². The third-order valence-corrected chi connectivity index (χ3v) is 5.09. The summed E-state index contributed by atoms with van der Waals surface area (Å²) in [7, 11) is 0. The van der Waals surface area contributed by atoms with E-state index in [2.05, 4.69) is 0 Å². The Bertz CT molecular complexity index is 914. The second-order valence-corrected chi connectivity index (χ2v) is 7.83. The van der Waals surface area contributed by atoms with Crippen molar-refractivity contribution in [2.24, 2.45) is 0 Å². The lowest BCUT2D eigenvalue weighted by molar-refractivity contribution is -0.264. The average Bonchev–Trinajstić information content (AvgIpc) is 3.10. The summed E-state index contributed by atoms with van der Waals surface area (Å²) in [6, 6.07) is 17.0. The first-order valence-corrected chi connectivity index (χ1v) is 10.0. The predicted octanol–water partition coefficient (Wildman–Crippen LogP) is 2.31. The molecule has 0 spiro atoms. The van der Waals surface area contributed by atoms with E-state index < -0.39 is 48.4 Å². The van der Waals surface area contributed by atoms with Crippen LogP contribution in [0, 0.1) is 0 Å². The Morgan fingerprint density at radius 2 is 1.45 bits per heavy atom. The molecule has 0 aromatic heterocycles. The topological polar surface area (TPSA) is 101 Å². The monoisotopic (exact) mass is 428 g/mol. The maximum Gasteiger partial charge on any atom is 0.338 e. The number of fused-ring (bicyclic) bond motifs is 1. The van der Waals surface area contributed by atoms with Gasteiger partial charge in [0.05, 0.1) is 11.1 Å². The third-order valence-electron chi connectivity index (χ3n) is 5.09. The highest BCUT2D eigenvalue weighted by atomic mass is 16.8. The van der Waals surface area contributed by atoms with E-state index in [1.165, 1.54) is 0 Å². The summed E-state index contributed by atoms with van der Waals surface area (Å²) in [5.41, 5.74) is 0.734. The number of esters is 2. The minimum absolute atomic E-state index is 0.162. The Balaban J connectivity index is 1.46. The molecule has 164 valence electrons. The molecule has 0 bridgehead atoms. The van der Waals surface area contributed by atoms with Gasteiger partial charge in [-0.3, -0.25) is 0 Å². The molecule has 2 saturated heterocycles. The van der Waals surface area contributed by atoms with E-state index in [-0.39, 0.29) is 6.61 Å². The van der Waals surface area contributed by atoms with Gasteiger partial charge in [0.15, 0.2) is 18.2 Å². The molecule has 0 saturated carbocycles. The van der Waals surface area contributed by atoms with Crippen LogP contribution in [0.25, 0.3) is 0 Å². The van der Waals surface area contributed by atoms with Crippen molar-refractivity contribution in [2.75, 3.05) is 6.61 Å². The number of carbonyl (C=O) groups excluding carboxylic acids is 2. The van der Waals surface area contributed by atoms with Gasteiger partial charge in [0.25, 0.3) is 0 Å². The molecule has 2 aliphatic heterocycles. The fourth-order valence-corrected chi connectivity index (χ4v) is 3.70. The maximum absolute atomic E-state index is 12.5. The van der Waals surface area contributed by atoms with Gasteiger partial charge in [0.1, 0.15) is 24.9 Å². The number of benzene rings is 2. The summed E-state index contributed by atoms with van der Waals surface area (Å²) in [6.07, 6.45) is -4.91. The molecular weight excluding hydrogens is 404 g/mol. The summed E-state index contributed by atoms with van der Waals surface area (Å²) in [5, 5.41) is 10.6. The molecule has 2 aromatic rings. The summed E-state index contributed by atoms with van der Waals surface area (Å²) < 4.78 is 28.3. The first-order valence-electron chi connectivity index (χ1n) is 10.0.